The van der Waals surface area contributed by atoms with E-state index in [2.05, 4.69) is 6.92 Å². The molecule has 5 nitrogen and oxygen atoms in total. The maximum Gasteiger partial charge on any atom is 0.253 e. The van der Waals surface area contributed by atoms with Gasteiger partial charge < -0.3 is 4.90 Å². The summed E-state index contributed by atoms with van der Waals surface area (Å²) in [6, 6.07) is 7.75. The van der Waals surface area contributed by atoms with Gasteiger partial charge in [-0.15, -0.1) is 0 Å². The van der Waals surface area contributed by atoms with E-state index in [1.165, 1.54) is 9.87 Å². The zero-order valence-electron chi connectivity index (χ0n) is 14.0. The minimum absolute atomic E-state index is 0.0104. The molecule has 6 heteroatoms. The van der Waals surface area contributed by atoms with E-state index in [0.717, 1.165) is 12.8 Å². The number of hydrogen-bond donors (Lipinski definition) is 0. The van der Waals surface area contributed by atoms with Crippen LogP contribution in [-0.2, 0) is 16.4 Å². The molecular formula is C17H26N2O3S. The summed E-state index contributed by atoms with van der Waals surface area (Å²) < 4.78 is 25.5. The first kappa shape index (κ1) is 17.9. The van der Waals surface area contributed by atoms with Crippen molar-refractivity contribution in [3.63, 3.8) is 0 Å². The van der Waals surface area contributed by atoms with Gasteiger partial charge in [0, 0.05) is 31.7 Å². The van der Waals surface area contributed by atoms with Crippen LogP contribution in [0.25, 0.3) is 0 Å². The van der Waals surface area contributed by atoms with E-state index in [1.54, 1.807) is 11.8 Å². The first-order valence-corrected chi connectivity index (χ1v) is 9.95. The van der Waals surface area contributed by atoms with Crippen molar-refractivity contribution >= 4 is 15.9 Å². The van der Waals surface area contributed by atoms with Gasteiger partial charge in [-0.05, 0) is 37.5 Å². The Morgan fingerprint density at radius 3 is 2.35 bits per heavy atom. The SMILES string of the molecule is CCCc1ccc(C(=O)N2CCCN(S(=O)(=O)CC)CC2)cc1. The van der Waals surface area contributed by atoms with Crippen LogP contribution in [-0.4, -0.2) is 55.5 Å². The molecule has 0 saturated carbocycles. The molecule has 1 fully saturated rings. The normalized spacial score (nSPS) is 17.0. The average Bonchev–Trinajstić information content (AvgIpc) is 2.82. The Labute approximate surface area is 139 Å². The smallest absolute Gasteiger partial charge is 0.253 e. The quantitative estimate of drug-likeness (QED) is 0.826. The Bertz CT molecular complexity index is 626. The maximum absolute atomic E-state index is 12.6. The van der Waals surface area contributed by atoms with Crippen LogP contribution in [0.3, 0.4) is 0 Å². The number of aryl methyl sites for hydroxylation is 1. The van der Waals surface area contributed by atoms with Crippen molar-refractivity contribution in [2.24, 2.45) is 0 Å². The number of hydrogen-bond acceptors (Lipinski definition) is 3. The van der Waals surface area contributed by atoms with Crippen LogP contribution < -0.4 is 0 Å². The fourth-order valence-corrected chi connectivity index (χ4v) is 3.98. The summed E-state index contributed by atoms with van der Waals surface area (Å²) in [7, 11) is -3.17. The van der Waals surface area contributed by atoms with Crippen LogP contribution in [0.1, 0.15) is 42.6 Å². The summed E-state index contributed by atoms with van der Waals surface area (Å²) in [6.45, 7) is 5.72. The number of amides is 1. The second kappa shape index (κ2) is 7.93. The van der Waals surface area contributed by atoms with Crippen LogP contribution in [0.4, 0.5) is 0 Å². The molecule has 0 spiro atoms. The second-order valence-corrected chi connectivity index (χ2v) is 8.15. The fourth-order valence-electron chi connectivity index (χ4n) is 2.84. The number of carbonyl (C=O) groups is 1. The molecule has 128 valence electrons. The van der Waals surface area contributed by atoms with E-state index >= 15 is 0 Å². The fraction of sp³-hybridized carbons (Fsp3) is 0.588. The number of carbonyl (C=O) groups excluding carboxylic acids is 1. The van der Waals surface area contributed by atoms with Crippen molar-refractivity contribution in [3.8, 4) is 0 Å². The molecule has 0 N–H and O–H groups in total. The summed E-state index contributed by atoms with van der Waals surface area (Å²) >= 11 is 0. The van der Waals surface area contributed by atoms with Crippen molar-refractivity contribution in [2.75, 3.05) is 31.9 Å². The predicted octanol–water partition coefficient (Wildman–Crippen LogP) is 2.14. The molecule has 2 rings (SSSR count). The Hall–Kier alpha value is -1.40. The molecule has 0 aromatic heterocycles. The van der Waals surface area contributed by atoms with Crippen LogP contribution >= 0.6 is 0 Å². The van der Waals surface area contributed by atoms with Crippen molar-refractivity contribution in [1.82, 2.24) is 9.21 Å². The van der Waals surface area contributed by atoms with Crippen molar-refractivity contribution in [1.29, 1.82) is 0 Å². The Morgan fingerprint density at radius 2 is 1.74 bits per heavy atom. The summed E-state index contributed by atoms with van der Waals surface area (Å²) in [6.07, 6.45) is 2.78. The topological polar surface area (TPSA) is 57.7 Å². The second-order valence-electron chi connectivity index (χ2n) is 5.89. The summed E-state index contributed by atoms with van der Waals surface area (Å²) in [4.78, 5) is 14.4. The monoisotopic (exact) mass is 338 g/mol. The molecule has 23 heavy (non-hydrogen) atoms. The lowest BCUT2D eigenvalue weighted by Crippen LogP contribution is -2.37. The van der Waals surface area contributed by atoms with E-state index in [1.807, 2.05) is 24.3 Å². The minimum Gasteiger partial charge on any atom is -0.337 e. The molecule has 0 atom stereocenters. The molecule has 0 aliphatic carbocycles. The summed E-state index contributed by atoms with van der Waals surface area (Å²) in [5.74, 6) is 0.101. The molecular weight excluding hydrogens is 312 g/mol. The molecule has 1 aromatic rings. The highest BCUT2D eigenvalue weighted by atomic mass is 32.2. The lowest BCUT2D eigenvalue weighted by atomic mass is 10.1. The molecule has 1 aliphatic rings. The van der Waals surface area contributed by atoms with Gasteiger partial charge in [0.25, 0.3) is 5.91 Å². The van der Waals surface area contributed by atoms with Crippen molar-refractivity contribution in [2.45, 2.75) is 33.1 Å². The molecule has 0 bridgehead atoms. The molecule has 1 amide bonds. The third-order valence-electron chi connectivity index (χ3n) is 4.24. The molecule has 1 aliphatic heterocycles. The van der Waals surface area contributed by atoms with Crippen LogP contribution in [0.2, 0.25) is 0 Å². The van der Waals surface area contributed by atoms with Crippen molar-refractivity contribution < 1.29 is 13.2 Å². The van der Waals surface area contributed by atoms with E-state index in [9.17, 15) is 13.2 Å². The van der Waals surface area contributed by atoms with Gasteiger partial charge in [0.1, 0.15) is 0 Å². The van der Waals surface area contributed by atoms with Gasteiger partial charge in [0.05, 0.1) is 5.75 Å². The van der Waals surface area contributed by atoms with E-state index < -0.39 is 10.0 Å². The van der Waals surface area contributed by atoms with Gasteiger partial charge in [-0.2, -0.15) is 0 Å². The van der Waals surface area contributed by atoms with E-state index in [0.29, 0.717) is 38.2 Å². The first-order chi connectivity index (χ1) is 11.0. The van der Waals surface area contributed by atoms with Crippen molar-refractivity contribution in [3.05, 3.63) is 35.4 Å². The third-order valence-corrected chi connectivity index (χ3v) is 6.12. The average molecular weight is 338 g/mol. The highest BCUT2D eigenvalue weighted by Gasteiger charge is 2.25. The Balaban J connectivity index is 2.03. The predicted molar refractivity (Wildman–Crippen MR) is 92.0 cm³/mol. The molecule has 1 heterocycles. The van der Waals surface area contributed by atoms with Gasteiger partial charge in [-0.1, -0.05) is 25.5 Å². The highest BCUT2D eigenvalue weighted by molar-refractivity contribution is 7.89. The number of benzene rings is 1. The largest absolute Gasteiger partial charge is 0.337 e. The molecule has 1 saturated heterocycles. The van der Waals surface area contributed by atoms with Gasteiger partial charge in [0.2, 0.25) is 10.0 Å². The van der Waals surface area contributed by atoms with Gasteiger partial charge in [-0.3, -0.25) is 4.79 Å². The van der Waals surface area contributed by atoms with Crippen LogP contribution in [0.15, 0.2) is 24.3 Å². The molecule has 0 unspecified atom stereocenters. The highest BCUT2D eigenvalue weighted by Crippen LogP contribution is 2.13. The van der Waals surface area contributed by atoms with Crippen LogP contribution in [0.5, 0.6) is 0 Å². The molecule has 1 aromatic carbocycles. The number of sulfonamides is 1. The van der Waals surface area contributed by atoms with Gasteiger partial charge in [0.15, 0.2) is 0 Å². The third kappa shape index (κ3) is 4.54. The Morgan fingerprint density at radius 1 is 1.04 bits per heavy atom. The van der Waals surface area contributed by atoms with Gasteiger partial charge in [-0.25, -0.2) is 12.7 Å². The summed E-state index contributed by atoms with van der Waals surface area (Å²) in [5.41, 5.74) is 1.91. The summed E-state index contributed by atoms with van der Waals surface area (Å²) in [5, 5.41) is 0. The maximum atomic E-state index is 12.6. The Kier molecular flexibility index (Phi) is 6.18. The number of rotatable bonds is 5. The zero-order chi connectivity index (χ0) is 16.9. The lowest BCUT2D eigenvalue weighted by Gasteiger charge is -2.21. The minimum atomic E-state index is -3.17. The van der Waals surface area contributed by atoms with E-state index in [-0.39, 0.29) is 11.7 Å². The van der Waals surface area contributed by atoms with E-state index in [4.69, 9.17) is 0 Å². The zero-order valence-corrected chi connectivity index (χ0v) is 14.8. The molecule has 0 radical (unpaired) electrons. The van der Waals surface area contributed by atoms with Crippen LogP contribution in [0, 0.1) is 0 Å². The first-order valence-electron chi connectivity index (χ1n) is 8.34. The number of nitrogens with zero attached hydrogens (tertiary/aromatic N) is 2. The lowest BCUT2D eigenvalue weighted by molar-refractivity contribution is 0.0764. The standard InChI is InChI=1S/C17H26N2O3S/c1-3-6-15-7-9-16(10-8-15)17(20)18-11-5-12-19(14-13-18)23(21,22)4-2/h7-10H,3-6,11-14H2,1-2H3. The van der Waals surface area contributed by atoms with Gasteiger partial charge >= 0.3 is 0 Å².